The molecule has 1 saturated carbocycles. The molecule has 0 spiro atoms. The first-order valence-electron chi connectivity index (χ1n) is 5.11. The van der Waals surface area contributed by atoms with Crippen LogP contribution in [0.4, 0.5) is 0 Å². The van der Waals surface area contributed by atoms with E-state index >= 15 is 0 Å². The van der Waals surface area contributed by atoms with Crippen LogP contribution in [0.5, 0.6) is 0 Å². The van der Waals surface area contributed by atoms with E-state index in [1.54, 1.807) is 0 Å². The van der Waals surface area contributed by atoms with Gasteiger partial charge in [-0.2, -0.15) is 12.6 Å². The molecule has 1 heteroatoms. The maximum absolute atomic E-state index is 4.67. The maximum Gasteiger partial charge on any atom is 0.00855 e. The Morgan fingerprint density at radius 1 is 1.00 bits per heavy atom. The second kappa shape index (κ2) is 4.19. The topological polar surface area (TPSA) is 0 Å². The molecule has 2 rings (SSSR count). The second-order valence-corrected chi connectivity index (χ2v) is 4.53. The summed E-state index contributed by atoms with van der Waals surface area (Å²) in [6, 6.07) is 10.8. The first kappa shape index (κ1) is 9.14. The van der Waals surface area contributed by atoms with Gasteiger partial charge in [0, 0.05) is 5.25 Å². The molecule has 0 heterocycles. The Balaban J connectivity index is 2.15. The highest BCUT2D eigenvalue weighted by Gasteiger charge is 2.22. The highest BCUT2D eigenvalue weighted by Crippen LogP contribution is 2.35. The average molecular weight is 192 g/mol. The van der Waals surface area contributed by atoms with Gasteiger partial charge in [0.25, 0.3) is 0 Å². The quantitative estimate of drug-likeness (QED) is 0.645. The molecular formula is C12H16S. The lowest BCUT2D eigenvalue weighted by atomic mass is 9.84. The fourth-order valence-electron chi connectivity index (χ4n) is 2.20. The third-order valence-electron chi connectivity index (χ3n) is 2.96. The summed E-state index contributed by atoms with van der Waals surface area (Å²) >= 11 is 4.67. The number of benzene rings is 1. The van der Waals surface area contributed by atoms with E-state index in [9.17, 15) is 0 Å². The summed E-state index contributed by atoms with van der Waals surface area (Å²) in [5, 5.41) is 0.580. The summed E-state index contributed by atoms with van der Waals surface area (Å²) in [6.45, 7) is 0. The van der Waals surface area contributed by atoms with E-state index in [0.717, 1.165) is 0 Å². The van der Waals surface area contributed by atoms with Crippen molar-refractivity contribution in [3.8, 4) is 0 Å². The van der Waals surface area contributed by atoms with Crippen molar-refractivity contribution in [2.75, 3.05) is 0 Å². The van der Waals surface area contributed by atoms with Gasteiger partial charge in [-0.1, -0.05) is 43.2 Å². The number of hydrogen-bond acceptors (Lipinski definition) is 1. The molecule has 70 valence electrons. The van der Waals surface area contributed by atoms with Crippen LogP contribution in [0.15, 0.2) is 30.3 Å². The van der Waals surface area contributed by atoms with E-state index < -0.39 is 0 Å². The third kappa shape index (κ3) is 2.08. The van der Waals surface area contributed by atoms with Crippen molar-refractivity contribution in [1.29, 1.82) is 0 Å². The zero-order chi connectivity index (χ0) is 9.10. The molecule has 1 aliphatic carbocycles. The van der Waals surface area contributed by atoms with Crippen molar-refractivity contribution in [2.45, 2.75) is 36.9 Å². The largest absolute Gasteiger partial charge is 0.175 e. The van der Waals surface area contributed by atoms with Crippen molar-refractivity contribution < 1.29 is 0 Å². The van der Waals surface area contributed by atoms with Gasteiger partial charge >= 0.3 is 0 Å². The molecule has 0 bridgehead atoms. The lowest BCUT2D eigenvalue weighted by molar-refractivity contribution is 0.457. The Kier molecular flexibility index (Phi) is 2.94. The van der Waals surface area contributed by atoms with E-state index in [4.69, 9.17) is 0 Å². The average Bonchev–Trinajstić information content (AvgIpc) is 2.20. The molecular weight excluding hydrogens is 176 g/mol. The molecule has 0 amide bonds. The molecule has 0 N–H and O–H groups in total. The Hall–Kier alpha value is -0.430. The van der Waals surface area contributed by atoms with Gasteiger partial charge in [-0.25, -0.2) is 0 Å². The van der Waals surface area contributed by atoms with Crippen molar-refractivity contribution in [3.63, 3.8) is 0 Å². The van der Waals surface area contributed by atoms with E-state index in [0.29, 0.717) is 11.2 Å². The van der Waals surface area contributed by atoms with Crippen LogP contribution in [0.2, 0.25) is 0 Å². The maximum atomic E-state index is 4.67. The molecule has 13 heavy (non-hydrogen) atoms. The first-order valence-corrected chi connectivity index (χ1v) is 5.62. The van der Waals surface area contributed by atoms with Crippen molar-refractivity contribution in [3.05, 3.63) is 35.9 Å². The molecule has 0 radical (unpaired) electrons. The lowest BCUT2D eigenvalue weighted by Crippen LogP contribution is -2.17. The summed E-state index contributed by atoms with van der Waals surface area (Å²) in [6.07, 6.45) is 5.33. The van der Waals surface area contributed by atoms with Gasteiger partial charge in [0.15, 0.2) is 0 Å². The SMILES string of the molecule is SC1CCCCC1c1ccccc1. The van der Waals surface area contributed by atoms with Gasteiger partial charge in [0.05, 0.1) is 0 Å². The lowest BCUT2D eigenvalue weighted by Gasteiger charge is -2.28. The van der Waals surface area contributed by atoms with E-state index in [-0.39, 0.29) is 0 Å². The van der Waals surface area contributed by atoms with Crippen LogP contribution in [-0.2, 0) is 0 Å². The summed E-state index contributed by atoms with van der Waals surface area (Å²) in [7, 11) is 0. The van der Waals surface area contributed by atoms with E-state index in [1.807, 2.05) is 0 Å². The minimum Gasteiger partial charge on any atom is -0.175 e. The van der Waals surface area contributed by atoms with Gasteiger partial charge in [-0.15, -0.1) is 0 Å². The van der Waals surface area contributed by atoms with Gasteiger partial charge in [0.2, 0.25) is 0 Å². The van der Waals surface area contributed by atoms with Crippen LogP contribution < -0.4 is 0 Å². The van der Waals surface area contributed by atoms with Gasteiger partial charge in [0.1, 0.15) is 0 Å². The molecule has 2 unspecified atom stereocenters. The Morgan fingerprint density at radius 3 is 2.38 bits per heavy atom. The van der Waals surface area contributed by atoms with Crippen LogP contribution in [0, 0.1) is 0 Å². The smallest absolute Gasteiger partial charge is 0.00855 e. The van der Waals surface area contributed by atoms with Crippen molar-refractivity contribution >= 4 is 12.6 Å². The molecule has 0 nitrogen and oxygen atoms in total. The van der Waals surface area contributed by atoms with Gasteiger partial charge in [-0.05, 0) is 24.3 Å². The first-order chi connectivity index (χ1) is 6.38. The number of hydrogen-bond donors (Lipinski definition) is 1. The highest BCUT2D eigenvalue weighted by atomic mass is 32.1. The van der Waals surface area contributed by atoms with E-state index in [1.165, 1.54) is 31.2 Å². The Bertz CT molecular complexity index is 255. The summed E-state index contributed by atoms with van der Waals surface area (Å²) in [4.78, 5) is 0. The van der Waals surface area contributed by atoms with Crippen LogP contribution in [0.25, 0.3) is 0 Å². The minimum atomic E-state index is 0.580. The highest BCUT2D eigenvalue weighted by molar-refractivity contribution is 7.81. The molecule has 0 saturated heterocycles. The summed E-state index contributed by atoms with van der Waals surface area (Å²) in [5.74, 6) is 0.693. The monoisotopic (exact) mass is 192 g/mol. The molecule has 1 aromatic carbocycles. The van der Waals surface area contributed by atoms with Crippen LogP contribution in [0.3, 0.4) is 0 Å². The normalized spacial score (nSPS) is 28.7. The number of thiol groups is 1. The van der Waals surface area contributed by atoms with Crippen LogP contribution in [-0.4, -0.2) is 5.25 Å². The van der Waals surface area contributed by atoms with Gasteiger partial charge < -0.3 is 0 Å². The minimum absolute atomic E-state index is 0.580. The van der Waals surface area contributed by atoms with Crippen LogP contribution >= 0.6 is 12.6 Å². The molecule has 1 aliphatic rings. The molecule has 1 fully saturated rings. The second-order valence-electron chi connectivity index (χ2n) is 3.87. The predicted molar refractivity (Wildman–Crippen MR) is 60.4 cm³/mol. The van der Waals surface area contributed by atoms with Crippen LogP contribution in [0.1, 0.15) is 37.2 Å². The zero-order valence-corrected chi connectivity index (χ0v) is 8.71. The molecule has 2 atom stereocenters. The Labute approximate surface area is 85.8 Å². The van der Waals surface area contributed by atoms with Crippen molar-refractivity contribution in [1.82, 2.24) is 0 Å². The fourth-order valence-corrected chi connectivity index (χ4v) is 2.70. The molecule has 0 aromatic heterocycles. The molecule has 0 aliphatic heterocycles. The molecule has 1 aromatic rings. The van der Waals surface area contributed by atoms with E-state index in [2.05, 4.69) is 43.0 Å². The number of rotatable bonds is 1. The zero-order valence-electron chi connectivity index (χ0n) is 7.82. The third-order valence-corrected chi connectivity index (χ3v) is 3.58. The van der Waals surface area contributed by atoms with Crippen molar-refractivity contribution in [2.24, 2.45) is 0 Å². The standard InChI is InChI=1S/C12H16S/c13-12-9-5-4-8-11(12)10-6-2-1-3-7-10/h1-3,6-7,11-13H,4-5,8-9H2. The Morgan fingerprint density at radius 2 is 1.69 bits per heavy atom. The fraction of sp³-hybridized carbons (Fsp3) is 0.500. The van der Waals surface area contributed by atoms with Gasteiger partial charge in [-0.3, -0.25) is 0 Å². The summed E-state index contributed by atoms with van der Waals surface area (Å²) in [5.41, 5.74) is 1.47. The predicted octanol–water partition coefficient (Wildman–Crippen LogP) is 3.64. The summed E-state index contributed by atoms with van der Waals surface area (Å²) < 4.78 is 0.